The van der Waals surface area contributed by atoms with Gasteiger partial charge in [0.1, 0.15) is 5.75 Å². The van der Waals surface area contributed by atoms with E-state index in [1.807, 2.05) is 80.6 Å². The Hall–Kier alpha value is -3.61. The summed E-state index contributed by atoms with van der Waals surface area (Å²) in [6.45, 7) is 3.95. The van der Waals surface area contributed by atoms with Crippen molar-refractivity contribution in [1.82, 2.24) is 0 Å². The Morgan fingerprint density at radius 2 is 1.16 bits per heavy atom. The number of ketones is 2. The lowest BCUT2D eigenvalue weighted by Gasteiger charge is -2.22. The van der Waals surface area contributed by atoms with Crippen molar-refractivity contribution in [3.8, 4) is 5.75 Å². The van der Waals surface area contributed by atoms with Gasteiger partial charge in [0.2, 0.25) is 0 Å². The molecule has 1 aliphatic carbocycles. The monoisotopic (exact) mass is 538 g/mol. The summed E-state index contributed by atoms with van der Waals surface area (Å²) in [6.07, 6.45) is 1.48. The van der Waals surface area contributed by atoms with Crippen molar-refractivity contribution in [3.05, 3.63) is 113 Å². The summed E-state index contributed by atoms with van der Waals surface area (Å²) < 4.78 is 5.53. The van der Waals surface area contributed by atoms with Gasteiger partial charge in [-0.2, -0.15) is 0 Å². The van der Waals surface area contributed by atoms with Crippen LogP contribution in [-0.4, -0.2) is 17.5 Å². The van der Waals surface area contributed by atoms with E-state index in [-0.39, 0.29) is 23.5 Å². The highest BCUT2D eigenvalue weighted by Gasteiger charge is 2.33. The first-order valence-corrected chi connectivity index (χ1v) is 14.2. The lowest BCUT2D eigenvalue weighted by molar-refractivity contribution is -0.139. The maximum Gasteiger partial charge on any atom is 0.314 e. The van der Waals surface area contributed by atoms with Gasteiger partial charge in [-0.15, -0.1) is 0 Å². The molecule has 0 N–H and O–H groups in total. The average Bonchev–Trinajstić information content (AvgIpc) is 2.94. The predicted molar refractivity (Wildman–Crippen MR) is 151 cm³/mol. The normalized spacial score (nSPS) is 12.3. The topological polar surface area (TPSA) is 60.4 Å². The van der Waals surface area contributed by atoms with Gasteiger partial charge < -0.3 is 4.74 Å². The van der Waals surface area contributed by atoms with Gasteiger partial charge in [-0.3, -0.25) is 14.4 Å². The van der Waals surface area contributed by atoms with Gasteiger partial charge in [0, 0.05) is 41.8 Å². The highest BCUT2D eigenvalue weighted by atomic mass is 32.2. The van der Waals surface area contributed by atoms with Crippen molar-refractivity contribution in [3.63, 3.8) is 0 Å². The lowest BCUT2D eigenvalue weighted by atomic mass is 9.84. The highest BCUT2D eigenvalue weighted by Crippen LogP contribution is 2.41. The number of carbonyl (C=O) groups is 3. The maximum absolute atomic E-state index is 13.7. The Balaban J connectivity index is 1.42. The Labute approximate surface area is 230 Å². The van der Waals surface area contributed by atoms with E-state index in [9.17, 15) is 14.4 Å². The fourth-order valence-electron chi connectivity index (χ4n) is 4.49. The molecule has 0 bridgehead atoms. The molecular weight excluding hydrogens is 512 g/mol. The SMILES string of the molecule is CCC(CC)C(=O)Oc1ccc(Sc2cccc3c2C(=O)c2cccc(Sc4ccccc4)c2C3=O)cc1. The molecule has 0 heterocycles. The third kappa shape index (κ3) is 5.19. The van der Waals surface area contributed by atoms with Gasteiger partial charge in [-0.05, 0) is 61.4 Å². The Morgan fingerprint density at radius 3 is 1.66 bits per heavy atom. The molecule has 4 nitrogen and oxygen atoms in total. The molecular formula is C32H26O4S2. The molecule has 4 aromatic rings. The molecule has 0 atom stereocenters. The van der Waals surface area contributed by atoms with Gasteiger partial charge in [0.25, 0.3) is 0 Å². The molecule has 0 spiro atoms. The third-order valence-corrected chi connectivity index (χ3v) is 8.69. The molecule has 5 rings (SSSR count). The first kappa shape index (κ1) is 26.0. The van der Waals surface area contributed by atoms with E-state index in [0.717, 1.165) is 32.4 Å². The van der Waals surface area contributed by atoms with Crippen molar-refractivity contribution < 1.29 is 19.1 Å². The van der Waals surface area contributed by atoms with Crippen LogP contribution in [0, 0.1) is 5.92 Å². The molecule has 0 unspecified atom stereocenters. The van der Waals surface area contributed by atoms with Crippen molar-refractivity contribution in [2.45, 2.75) is 46.3 Å². The standard InChI is InChI=1S/C32H26O4S2/c1-3-20(4-2)32(35)36-21-16-18-23(19-17-21)38-27-15-9-13-25-29(27)31(34)24-12-8-14-26(28(24)30(25)33)37-22-10-6-5-7-11-22/h5-20H,3-4H2,1-2H3. The fraction of sp³-hybridized carbons (Fsp3) is 0.156. The van der Waals surface area contributed by atoms with Gasteiger partial charge >= 0.3 is 5.97 Å². The first-order chi connectivity index (χ1) is 18.5. The molecule has 6 heteroatoms. The number of benzene rings is 4. The average molecular weight is 539 g/mol. The predicted octanol–water partition coefficient (Wildman–Crippen LogP) is 8.11. The molecule has 1 aliphatic rings. The lowest BCUT2D eigenvalue weighted by Crippen LogP contribution is -2.22. The number of esters is 1. The van der Waals surface area contributed by atoms with Gasteiger partial charge in [0.15, 0.2) is 11.6 Å². The number of rotatable bonds is 8. The second-order valence-corrected chi connectivity index (χ2v) is 11.2. The fourth-order valence-corrected chi connectivity index (χ4v) is 6.46. The zero-order valence-corrected chi connectivity index (χ0v) is 22.7. The third-order valence-electron chi connectivity index (χ3n) is 6.56. The number of hydrogen-bond donors (Lipinski definition) is 0. The molecule has 0 radical (unpaired) electrons. The van der Waals surface area contributed by atoms with Crippen LogP contribution in [0.2, 0.25) is 0 Å². The molecule has 0 saturated carbocycles. The number of ether oxygens (including phenoxy) is 1. The van der Waals surface area contributed by atoms with E-state index in [4.69, 9.17) is 4.74 Å². The molecule has 0 aliphatic heterocycles. The van der Waals surface area contributed by atoms with E-state index in [0.29, 0.717) is 28.0 Å². The van der Waals surface area contributed by atoms with E-state index in [2.05, 4.69) is 0 Å². The summed E-state index contributed by atoms with van der Waals surface area (Å²) in [5.41, 5.74) is 1.75. The number of hydrogen-bond acceptors (Lipinski definition) is 6. The summed E-state index contributed by atoms with van der Waals surface area (Å²) >= 11 is 2.90. The van der Waals surface area contributed by atoms with Crippen LogP contribution in [0.4, 0.5) is 0 Å². The largest absolute Gasteiger partial charge is 0.426 e. The van der Waals surface area contributed by atoms with Crippen LogP contribution in [-0.2, 0) is 4.79 Å². The van der Waals surface area contributed by atoms with Crippen LogP contribution in [0.1, 0.15) is 58.5 Å². The van der Waals surface area contributed by atoms with E-state index in [1.165, 1.54) is 23.5 Å². The van der Waals surface area contributed by atoms with E-state index < -0.39 is 0 Å². The van der Waals surface area contributed by atoms with Crippen LogP contribution >= 0.6 is 23.5 Å². The highest BCUT2D eigenvalue weighted by molar-refractivity contribution is 7.99. The molecule has 38 heavy (non-hydrogen) atoms. The van der Waals surface area contributed by atoms with Crippen molar-refractivity contribution in [1.29, 1.82) is 0 Å². The smallest absolute Gasteiger partial charge is 0.314 e. The number of carbonyl (C=O) groups excluding carboxylic acids is 3. The first-order valence-electron chi connectivity index (χ1n) is 12.6. The molecule has 4 aromatic carbocycles. The van der Waals surface area contributed by atoms with Crippen molar-refractivity contribution >= 4 is 41.1 Å². The van der Waals surface area contributed by atoms with Crippen molar-refractivity contribution in [2.75, 3.05) is 0 Å². The summed E-state index contributed by atoms with van der Waals surface area (Å²) in [4.78, 5) is 43.1. The summed E-state index contributed by atoms with van der Waals surface area (Å²) in [5.74, 6) is -0.133. The molecule has 190 valence electrons. The zero-order chi connectivity index (χ0) is 26.6. The summed E-state index contributed by atoms with van der Waals surface area (Å²) in [5, 5.41) is 0. The second-order valence-electron chi connectivity index (χ2n) is 8.94. The van der Waals surface area contributed by atoms with Crippen LogP contribution in [0.5, 0.6) is 5.75 Å². The van der Waals surface area contributed by atoms with Crippen LogP contribution in [0.3, 0.4) is 0 Å². The minimum Gasteiger partial charge on any atom is -0.426 e. The van der Waals surface area contributed by atoms with Gasteiger partial charge in [0.05, 0.1) is 5.92 Å². The quantitative estimate of drug-likeness (QED) is 0.147. The molecule has 0 fully saturated rings. The zero-order valence-electron chi connectivity index (χ0n) is 21.1. The van der Waals surface area contributed by atoms with Crippen LogP contribution < -0.4 is 4.74 Å². The summed E-state index contributed by atoms with van der Waals surface area (Å²) in [6, 6.07) is 27.9. The van der Waals surface area contributed by atoms with E-state index >= 15 is 0 Å². The minimum atomic E-state index is -0.222. The maximum atomic E-state index is 13.7. The Kier molecular flexibility index (Phi) is 7.82. The number of fused-ring (bicyclic) bond motifs is 2. The van der Waals surface area contributed by atoms with Gasteiger partial charge in [-0.1, -0.05) is 79.8 Å². The minimum absolute atomic E-state index is 0.113. The molecule has 0 aromatic heterocycles. The van der Waals surface area contributed by atoms with Crippen molar-refractivity contribution in [2.24, 2.45) is 5.92 Å². The van der Waals surface area contributed by atoms with E-state index in [1.54, 1.807) is 24.3 Å². The molecule has 0 amide bonds. The Morgan fingerprint density at radius 1 is 0.658 bits per heavy atom. The Bertz CT molecular complexity index is 1510. The van der Waals surface area contributed by atoms with Crippen LogP contribution in [0.25, 0.3) is 0 Å². The molecule has 0 saturated heterocycles. The second kappa shape index (κ2) is 11.4. The van der Waals surface area contributed by atoms with Crippen LogP contribution in [0.15, 0.2) is 111 Å². The summed E-state index contributed by atoms with van der Waals surface area (Å²) in [7, 11) is 0. The van der Waals surface area contributed by atoms with Gasteiger partial charge in [-0.25, -0.2) is 0 Å².